The molecule has 1 atom stereocenters. The molecule has 76 valence electrons. The van der Waals surface area contributed by atoms with E-state index in [0.717, 1.165) is 26.2 Å². The van der Waals surface area contributed by atoms with E-state index < -0.39 is 0 Å². The van der Waals surface area contributed by atoms with Crippen molar-refractivity contribution in [2.24, 2.45) is 0 Å². The Morgan fingerprint density at radius 3 is 2.69 bits per heavy atom. The maximum absolute atomic E-state index is 11.3. The number of nitrogens with zero attached hydrogens (tertiary/aromatic N) is 2. The number of likely N-dealkylation sites (N-methyl/N-ethyl adjacent to an activating group) is 1. The first-order valence-electron chi connectivity index (χ1n) is 4.76. The van der Waals surface area contributed by atoms with Crippen LogP contribution in [-0.2, 0) is 4.79 Å². The van der Waals surface area contributed by atoms with E-state index in [1.807, 2.05) is 4.90 Å². The Bertz CT molecular complexity index is 186. The van der Waals surface area contributed by atoms with Crippen molar-refractivity contribution in [2.45, 2.75) is 19.9 Å². The third-order valence-electron chi connectivity index (χ3n) is 2.64. The molecule has 0 radical (unpaired) electrons. The molecule has 1 aliphatic rings. The highest BCUT2D eigenvalue weighted by atomic mass is 35.5. The minimum atomic E-state index is 0.0595. The van der Waals surface area contributed by atoms with Crippen LogP contribution < -0.4 is 0 Å². The smallest absolute Gasteiger partial charge is 0.237 e. The van der Waals surface area contributed by atoms with E-state index in [0.29, 0.717) is 6.04 Å². The molecule has 1 heterocycles. The molecular formula is C9H17ClN2O. The molecule has 0 saturated carbocycles. The molecule has 0 spiro atoms. The second-order valence-corrected chi connectivity index (χ2v) is 3.72. The van der Waals surface area contributed by atoms with Gasteiger partial charge in [0.1, 0.15) is 5.88 Å². The average molecular weight is 205 g/mol. The minimum Gasteiger partial charge on any atom is -0.339 e. The van der Waals surface area contributed by atoms with E-state index in [-0.39, 0.29) is 11.8 Å². The first kappa shape index (κ1) is 10.8. The largest absolute Gasteiger partial charge is 0.339 e. The lowest BCUT2D eigenvalue weighted by Crippen LogP contribution is -2.53. The Morgan fingerprint density at radius 1 is 1.54 bits per heavy atom. The molecule has 3 nitrogen and oxygen atoms in total. The standard InChI is InChI=1S/C9H17ClN2O/c1-3-11-4-5-12(7-8(11)2)9(13)6-10/h8H,3-7H2,1-2H3. The van der Waals surface area contributed by atoms with Crippen LogP contribution in [0.5, 0.6) is 0 Å². The molecule has 0 aromatic rings. The van der Waals surface area contributed by atoms with Gasteiger partial charge in [-0.1, -0.05) is 6.92 Å². The lowest BCUT2D eigenvalue weighted by molar-refractivity contribution is -0.131. The van der Waals surface area contributed by atoms with Gasteiger partial charge >= 0.3 is 0 Å². The summed E-state index contributed by atoms with van der Waals surface area (Å²) >= 11 is 5.50. The van der Waals surface area contributed by atoms with Gasteiger partial charge in [0, 0.05) is 25.7 Å². The number of hydrogen-bond acceptors (Lipinski definition) is 2. The van der Waals surface area contributed by atoms with Gasteiger partial charge in [-0.25, -0.2) is 0 Å². The van der Waals surface area contributed by atoms with Crippen molar-refractivity contribution >= 4 is 17.5 Å². The SMILES string of the molecule is CCN1CCN(C(=O)CCl)CC1C. The van der Waals surface area contributed by atoms with Crippen LogP contribution in [-0.4, -0.2) is 53.8 Å². The summed E-state index contributed by atoms with van der Waals surface area (Å²) in [6.45, 7) is 7.97. The van der Waals surface area contributed by atoms with Gasteiger partial charge in [0.15, 0.2) is 0 Å². The van der Waals surface area contributed by atoms with Gasteiger partial charge in [-0.05, 0) is 13.5 Å². The van der Waals surface area contributed by atoms with Crippen LogP contribution >= 0.6 is 11.6 Å². The number of amides is 1. The van der Waals surface area contributed by atoms with Gasteiger partial charge in [0.2, 0.25) is 5.91 Å². The fourth-order valence-electron chi connectivity index (χ4n) is 1.78. The predicted octanol–water partition coefficient (Wildman–Crippen LogP) is 0.778. The predicted molar refractivity (Wildman–Crippen MR) is 54.0 cm³/mol. The van der Waals surface area contributed by atoms with Crippen LogP contribution in [0.3, 0.4) is 0 Å². The van der Waals surface area contributed by atoms with Crippen molar-refractivity contribution in [3.05, 3.63) is 0 Å². The van der Waals surface area contributed by atoms with Crippen LogP contribution in [0.1, 0.15) is 13.8 Å². The van der Waals surface area contributed by atoms with Crippen molar-refractivity contribution in [3.8, 4) is 0 Å². The van der Waals surface area contributed by atoms with Crippen LogP contribution in [0, 0.1) is 0 Å². The maximum Gasteiger partial charge on any atom is 0.237 e. The van der Waals surface area contributed by atoms with E-state index >= 15 is 0 Å². The monoisotopic (exact) mass is 204 g/mol. The fourth-order valence-corrected chi connectivity index (χ4v) is 1.95. The molecule has 0 aromatic heterocycles. The number of carbonyl (C=O) groups excluding carboxylic acids is 1. The highest BCUT2D eigenvalue weighted by Crippen LogP contribution is 2.09. The Morgan fingerprint density at radius 2 is 2.23 bits per heavy atom. The first-order valence-corrected chi connectivity index (χ1v) is 5.30. The summed E-state index contributed by atoms with van der Waals surface area (Å²) in [5.74, 6) is 0.169. The Labute approximate surface area is 84.6 Å². The summed E-state index contributed by atoms with van der Waals surface area (Å²) < 4.78 is 0. The Balaban J connectivity index is 2.45. The zero-order valence-electron chi connectivity index (χ0n) is 8.29. The molecule has 1 rings (SSSR count). The average Bonchev–Trinajstić information content (AvgIpc) is 2.16. The summed E-state index contributed by atoms with van der Waals surface area (Å²) in [6.07, 6.45) is 0. The van der Waals surface area contributed by atoms with Crippen molar-refractivity contribution in [3.63, 3.8) is 0 Å². The molecule has 0 N–H and O–H groups in total. The molecular weight excluding hydrogens is 188 g/mol. The minimum absolute atomic E-state index is 0.0595. The summed E-state index contributed by atoms with van der Waals surface area (Å²) in [4.78, 5) is 15.5. The second kappa shape index (κ2) is 4.82. The van der Waals surface area contributed by atoms with E-state index in [1.165, 1.54) is 0 Å². The molecule has 1 unspecified atom stereocenters. The van der Waals surface area contributed by atoms with Gasteiger partial charge in [0.05, 0.1) is 0 Å². The summed E-state index contributed by atoms with van der Waals surface area (Å²) in [6, 6.07) is 0.464. The molecule has 0 aromatic carbocycles. The zero-order valence-corrected chi connectivity index (χ0v) is 9.05. The number of rotatable bonds is 2. The Hall–Kier alpha value is -0.280. The van der Waals surface area contributed by atoms with E-state index in [2.05, 4.69) is 18.7 Å². The number of hydrogen-bond donors (Lipinski definition) is 0. The van der Waals surface area contributed by atoms with Gasteiger partial charge in [0.25, 0.3) is 0 Å². The van der Waals surface area contributed by atoms with Crippen molar-refractivity contribution in [1.82, 2.24) is 9.80 Å². The highest BCUT2D eigenvalue weighted by molar-refractivity contribution is 6.27. The Kier molecular flexibility index (Phi) is 4.00. The van der Waals surface area contributed by atoms with Crippen molar-refractivity contribution < 1.29 is 4.79 Å². The number of piperazine rings is 1. The first-order chi connectivity index (χ1) is 6.19. The van der Waals surface area contributed by atoms with Crippen LogP contribution in [0.15, 0.2) is 0 Å². The topological polar surface area (TPSA) is 23.6 Å². The van der Waals surface area contributed by atoms with Crippen LogP contribution in [0.25, 0.3) is 0 Å². The van der Waals surface area contributed by atoms with Crippen LogP contribution in [0.4, 0.5) is 0 Å². The van der Waals surface area contributed by atoms with Gasteiger partial charge in [-0.2, -0.15) is 0 Å². The highest BCUT2D eigenvalue weighted by Gasteiger charge is 2.24. The quantitative estimate of drug-likeness (QED) is 0.621. The third-order valence-corrected chi connectivity index (χ3v) is 2.87. The summed E-state index contributed by atoms with van der Waals surface area (Å²) in [5, 5.41) is 0. The molecule has 1 amide bonds. The summed E-state index contributed by atoms with van der Waals surface area (Å²) in [7, 11) is 0. The molecule has 1 fully saturated rings. The second-order valence-electron chi connectivity index (χ2n) is 3.45. The van der Waals surface area contributed by atoms with E-state index in [9.17, 15) is 4.79 Å². The van der Waals surface area contributed by atoms with Gasteiger partial charge in [-0.3, -0.25) is 9.69 Å². The van der Waals surface area contributed by atoms with Gasteiger partial charge in [-0.15, -0.1) is 11.6 Å². The fraction of sp³-hybridized carbons (Fsp3) is 0.889. The number of halogens is 1. The number of alkyl halides is 1. The van der Waals surface area contributed by atoms with Crippen molar-refractivity contribution in [2.75, 3.05) is 32.1 Å². The number of carbonyl (C=O) groups is 1. The van der Waals surface area contributed by atoms with Crippen LogP contribution in [0.2, 0.25) is 0 Å². The zero-order chi connectivity index (χ0) is 9.84. The lowest BCUT2D eigenvalue weighted by Gasteiger charge is -2.39. The molecule has 13 heavy (non-hydrogen) atoms. The lowest BCUT2D eigenvalue weighted by atomic mass is 10.2. The van der Waals surface area contributed by atoms with E-state index in [1.54, 1.807) is 0 Å². The molecule has 0 aliphatic carbocycles. The van der Waals surface area contributed by atoms with E-state index in [4.69, 9.17) is 11.6 Å². The molecule has 4 heteroatoms. The normalized spacial score (nSPS) is 24.8. The van der Waals surface area contributed by atoms with Crippen molar-refractivity contribution in [1.29, 1.82) is 0 Å². The summed E-state index contributed by atoms with van der Waals surface area (Å²) in [5.41, 5.74) is 0. The molecule has 0 bridgehead atoms. The molecule has 1 saturated heterocycles. The van der Waals surface area contributed by atoms with Gasteiger partial charge < -0.3 is 4.90 Å². The maximum atomic E-state index is 11.3. The third kappa shape index (κ3) is 2.58. The molecule has 1 aliphatic heterocycles.